The van der Waals surface area contributed by atoms with Crippen molar-refractivity contribution in [2.75, 3.05) is 0 Å². The van der Waals surface area contributed by atoms with E-state index in [9.17, 15) is 0 Å². The highest BCUT2D eigenvalue weighted by atomic mass is 32.1. The molecular formula is C15H19NS. The fraction of sp³-hybridized carbons (Fsp3) is 0.333. The van der Waals surface area contributed by atoms with Gasteiger partial charge in [-0.15, -0.1) is 11.3 Å². The first kappa shape index (κ1) is 12.3. The quantitative estimate of drug-likeness (QED) is 0.847. The van der Waals surface area contributed by atoms with Gasteiger partial charge in [-0.2, -0.15) is 0 Å². The fourth-order valence-corrected chi connectivity index (χ4v) is 2.72. The maximum absolute atomic E-state index is 5.95. The van der Waals surface area contributed by atoms with Gasteiger partial charge >= 0.3 is 0 Å². The second-order valence-electron chi connectivity index (χ2n) is 5.12. The third kappa shape index (κ3) is 3.42. The summed E-state index contributed by atoms with van der Waals surface area (Å²) >= 11 is 1.80. The topological polar surface area (TPSA) is 26.0 Å². The van der Waals surface area contributed by atoms with E-state index in [0.29, 0.717) is 0 Å². The Kier molecular flexibility index (Phi) is 3.65. The molecule has 0 bridgehead atoms. The second kappa shape index (κ2) is 5.03. The van der Waals surface area contributed by atoms with Gasteiger partial charge in [-0.1, -0.05) is 30.4 Å². The van der Waals surface area contributed by atoms with Crippen molar-refractivity contribution >= 4 is 27.5 Å². The molecule has 1 aromatic heterocycles. The van der Waals surface area contributed by atoms with Gasteiger partial charge in [0.2, 0.25) is 0 Å². The lowest BCUT2D eigenvalue weighted by Crippen LogP contribution is -2.31. The Morgan fingerprint density at radius 2 is 2.06 bits per heavy atom. The molecule has 0 aliphatic rings. The number of hydrogen-bond donors (Lipinski definition) is 1. The summed E-state index contributed by atoms with van der Waals surface area (Å²) in [6.45, 7) is 4.14. The molecular weight excluding hydrogens is 226 g/mol. The Morgan fingerprint density at radius 1 is 1.29 bits per heavy atom. The van der Waals surface area contributed by atoms with Gasteiger partial charge in [-0.05, 0) is 49.1 Å². The molecule has 2 N–H and O–H groups in total. The molecule has 0 amide bonds. The van der Waals surface area contributed by atoms with Gasteiger partial charge < -0.3 is 5.73 Å². The van der Waals surface area contributed by atoms with E-state index in [-0.39, 0.29) is 5.54 Å². The fourth-order valence-electron chi connectivity index (χ4n) is 1.79. The zero-order valence-corrected chi connectivity index (χ0v) is 11.3. The predicted octanol–water partition coefficient (Wildman–Crippen LogP) is 4.43. The maximum Gasteiger partial charge on any atom is 0.0348 e. The lowest BCUT2D eigenvalue weighted by Gasteiger charge is -2.16. The van der Waals surface area contributed by atoms with Crippen molar-refractivity contribution in [2.45, 2.75) is 32.2 Å². The van der Waals surface area contributed by atoms with E-state index in [1.54, 1.807) is 11.3 Å². The minimum Gasteiger partial charge on any atom is -0.326 e. The summed E-state index contributed by atoms with van der Waals surface area (Å²) < 4.78 is 1.35. The van der Waals surface area contributed by atoms with E-state index in [1.165, 1.54) is 15.6 Å². The molecule has 0 saturated carbocycles. The normalized spacial score (nSPS) is 12.6. The zero-order chi connectivity index (χ0) is 12.3. The molecule has 0 radical (unpaired) electrons. The van der Waals surface area contributed by atoms with Crippen molar-refractivity contribution in [3.63, 3.8) is 0 Å². The number of allylic oxidation sites excluding steroid dienone is 1. The first-order valence-electron chi connectivity index (χ1n) is 5.98. The van der Waals surface area contributed by atoms with Crippen molar-refractivity contribution in [3.05, 3.63) is 41.3 Å². The molecule has 1 aromatic carbocycles. The highest BCUT2D eigenvalue weighted by Gasteiger charge is 2.08. The Bertz CT molecular complexity index is 517. The molecule has 0 spiro atoms. The van der Waals surface area contributed by atoms with Crippen LogP contribution in [-0.4, -0.2) is 5.54 Å². The average molecular weight is 245 g/mol. The summed E-state index contributed by atoms with van der Waals surface area (Å²) in [7, 11) is 0. The van der Waals surface area contributed by atoms with Crippen LogP contribution in [0.15, 0.2) is 35.7 Å². The Morgan fingerprint density at radius 3 is 2.82 bits per heavy atom. The summed E-state index contributed by atoms with van der Waals surface area (Å²) in [5.74, 6) is 0. The Balaban J connectivity index is 2.06. The average Bonchev–Trinajstić information content (AvgIpc) is 2.67. The van der Waals surface area contributed by atoms with Crippen molar-refractivity contribution in [2.24, 2.45) is 5.73 Å². The van der Waals surface area contributed by atoms with Crippen LogP contribution in [0, 0.1) is 0 Å². The summed E-state index contributed by atoms with van der Waals surface area (Å²) in [6.07, 6.45) is 6.49. The lowest BCUT2D eigenvalue weighted by atomic mass is 10.00. The molecule has 0 atom stereocenters. The molecule has 0 saturated heterocycles. The molecule has 2 aromatic rings. The minimum atomic E-state index is -0.0684. The molecule has 17 heavy (non-hydrogen) atoms. The monoisotopic (exact) mass is 245 g/mol. The lowest BCUT2D eigenvalue weighted by molar-refractivity contribution is 0.482. The van der Waals surface area contributed by atoms with Crippen LogP contribution in [0.1, 0.15) is 32.3 Å². The van der Waals surface area contributed by atoms with Crippen molar-refractivity contribution in [1.29, 1.82) is 0 Å². The van der Waals surface area contributed by atoms with Crippen LogP contribution in [0.25, 0.3) is 16.2 Å². The van der Waals surface area contributed by atoms with Crippen molar-refractivity contribution < 1.29 is 0 Å². The standard InChI is InChI=1S/C15H19NS/c1-15(2,16)10-6-5-7-12-11-17-14-9-4-3-8-13(12)14/h3-5,7-9,11H,6,10,16H2,1-2H3/b7-5+. The summed E-state index contributed by atoms with van der Waals surface area (Å²) in [4.78, 5) is 0. The third-order valence-electron chi connectivity index (χ3n) is 2.76. The first-order valence-corrected chi connectivity index (χ1v) is 6.86. The van der Waals surface area contributed by atoms with Crippen molar-refractivity contribution in [1.82, 2.24) is 0 Å². The molecule has 0 aliphatic heterocycles. The van der Waals surface area contributed by atoms with Crippen LogP contribution in [0.4, 0.5) is 0 Å². The molecule has 1 heterocycles. The van der Waals surface area contributed by atoms with Crippen molar-refractivity contribution in [3.8, 4) is 0 Å². The van der Waals surface area contributed by atoms with Crippen LogP contribution >= 0.6 is 11.3 Å². The Labute approximate surface area is 107 Å². The van der Waals surface area contributed by atoms with Gasteiger partial charge in [-0.25, -0.2) is 0 Å². The van der Waals surface area contributed by atoms with Gasteiger partial charge in [0.25, 0.3) is 0 Å². The van der Waals surface area contributed by atoms with Crippen LogP contribution in [0.2, 0.25) is 0 Å². The number of benzene rings is 1. The second-order valence-corrected chi connectivity index (χ2v) is 6.03. The van der Waals surface area contributed by atoms with Crippen LogP contribution in [0.5, 0.6) is 0 Å². The zero-order valence-electron chi connectivity index (χ0n) is 10.4. The molecule has 0 unspecified atom stereocenters. The van der Waals surface area contributed by atoms with Crippen LogP contribution in [-0.2, 0) is 0 Å². The SMILES string of the molecule is CC(C)(N)CC/C=C/c1csc2ccccc12. The van der Waals surface area contributed by atoms with Gasteiger partial charge in [-0.3, -0.25) is 0 Å². The van der Waals surface area contributed by atoms with E-state index < -0.39 is 0 Å². The van der Waals surface area contributed by atoms with Crippen LogP contribution in [0.3, 0.4) is 0 Å². The van der Waals surface area contributed by atoms with Gasteiger partial charge in [0.05, 0.1) is 0 Å². The highest BCUT2D eigenvalue weighted by molar-refractivity contribution is 7.17. The minimum absolute atomic E-state index is 0.0684. The first-order chi connectivity index (χ1) is 8.06. The summed E-state index contributed by atoms with van der Waals surface area (Å²) in [5, 5.41) is 3.56. The molecule has 0 aliphatic carbocycles. The maximum atomic E-state index is 5.95. The highest BCUT2D eigenvalue weighted by Crippen LogP contribution is 2.26. The predicted molar refractivity (Wildman–Crippen MR) is 78.4 cm³/mol. The number of rotatable bonds is 4. The van der Waals surface area contributed by atoms with Gasteiger partial charge in [0.15, 0.2) is 0 Å². The van der Waals surface area contributed by atoms with Gasteiger partial charge in [0, 0.05) is 10.2 Å². The van der Waals surface area contributed by atoms with E-state index in [2.05, 4.69) is 55.6 Å². The van der Waals surface area contributed by atoms with E-state index in [1.807, 2.05) is 0 Å². The number of fused-ring (bicyclic) bond motifs is 1. The van der Waals surface area contributed by atoms with E-state index in [4.69, 9.17) is 5.73 Å². The van der Waals surface area contributed by atoms with Gasteiger partial charge in [0.1, 0.15) is 0 Å². The molecule has 90 valence electrons. The van der Waals surface area contributed by atoms with E-state index in [0.717, 1.165) is 12.8 Å². The molecule has 2 rings (SSSR count). The Hall–Kier alpha value is -1.12. The third-order valence-corrected chi connectivity index (χ3v) is 3.75. The summed E-state index contributed by atoms with van der Waals surface area (Å²) in [6, 6.07) is 8.53. The summed E-state index contributed by atoms with van der Waals surface area (Å²) in [5.41, 5.74) is 7.21. The van der Waals surface area contributed by atoms with Crippen LogP contribution < -0.4 is 5.73 Å². The smallest absolute Gasteiger partial charge is 0.0348 e. The number of hydrogen-bond acceptors (Lipinski definition) is 2. The molecule has 2 heteroatoms. The number of thiophene rings is 1. The largest absolute Gasteiger partial charge is 0.326 e. The van der Waals surface area contributed by atoms with E-state index >= 15 is 0 Å². The molecule has 1 nitrogen and oxygen atoms in total. The number of nitrogens with two attached hydrogens (primary N) is 1. The molecule has 0 fully saturated rings.